The largest absolute Gasteiger partial charge is 0.466 e. The summed E-state index contributed by atoms with van der Waals surface area (Å²) in [7, 11) is 1.39. The SMILES string of the molecule is C=CCSC/C(=C\c1ccc(Cl)cc1)C(=O)OC. The van der Waals surface area contributed by atoms with Crippen molar-refractivity contribution in [3.63, 3.8) is 0 Å². The number of rotatable bonds is 6. The van der Waals surface area contributed by atoms with Crippen LogP contribution in [-0.2, 0) is 9.53 Å². The van der Waals surface area contributed by atoms with Crippen LogP contribution in [0.1, 0.15) is 5.56 Å². The Morgan fingerprint density at radius 2 is 2.11 bits per heavy atom. The first-order valence-corrected chi connectivity index (χ1v) is 6.93. The maximum atomic E-state index is 11.6. The van der Waals surface area contributed by atoms with Gasteiger partial charge in [0.15, 0.2) is 0 Å². The van der Waals surface area contributed by atoms with Crippen LogP contribution in [0, 0.1) is 0 Å². The standard InChI is InChI=1S/C14H15ClO2S/c1-3-8-18-10-12(14(16)17-2)9-11-4-6-13(15)7-5-11/h3-7,9H,1,8,10H2,2H3/b12-9+. The van der Waals surface area contributed by atoms with E-state index in [0.717, 1.165) is 11.3 Å². The lowest BCUT2D eigenvalue weighted by molar-refractivity contribution is -0.135. The van der Waals surface area contributed by atoms with Crippen LogP contribution < -0.4 is 0 Å². The summed E-state index contributed by atoms with van der Waals surface area (Å²) < 4.78 is 4.77. The Hall–Kier alpha value is -1.19. The molecule has 1 aromatic rings. The van der Waals surface area contributed by atoms with Gasteiger partial charge in [-0.3, -0.25) is 0 Å². The number of hydrogen-bond acceptors (Lipinski definition) is 3. The van der Waals surface area contributed by atoms with Gasteiger partial charge in [0.2, 0.25) is 0 Å². The molecule has 0 aliphatic rings. The second-order valence-corrected chi connectivity index (χ2v) is 4.98. The topological polar surface area (TPSA) is 26.3 Å². The van der Waals surface area contributed by atoms with Crippen LogP contribution >= 0.6 is 23.4 Å². The van der Waals surface area contributed by atoms with Crippen molar-refractivity contribution in [1.29, 1.82) is 0 Å². The Kier molecular flexibility index (Phi) is 6.61. The zero-order valence-electron chi connectivity index (χ0n) is 10.2. The van der Waals surface area contributed by atoms with E-state index < -0.39 is 0 Å². The van der Waals surface area contributed by atoms with Gasteiger partial charge in [-0.1, -0.05) is 29.8 Å². The van der Waals surface area contributed by atoms with E-state index in [1.807, 2.05) is 24.3 Å². The molecule has 0 radical (unpaired) electrons. The molecule has 0 saturated carbocycles. The van der Waals surface area contributed by atoms with E-state index >= 15 is 0 Å². The van der Waals surface area contributed by atoms with Crippen molar-refractivity contribution >= 4 is 35.4 Å². The average Bonchev–Trinajstić information content (AvgIpc) is 2.39. The fraction of sp³-hybridized carbons (Fsp3) is 0.214. The molecule has 0 fully saturated rings. The molecule has 0 unspecified atom stereocenters. The van der Waals surface area contributed by atoms with E-state index in [4.69, 9.17) is 16.3 Å². The number of methoxy groups -OCH3 is 1. The molecule has 0 heterocycles. The van der Waals surface area contributed by atoms with Gasteiger partial charge < -0.3 is 4.74 Å². The Morgan fingerprint density at radius 3 is 2.67 bits per heavy atom. The number of ether oxygens (including phenoxy) is 1. The minimum atomic E-state index is -0.304. The van der Waals surface area contributed by atoms with Gasteiger partial charge >= 0.3 is 5.97 Å². The third-order valence-corrected chi connectivity index (χ3v) is 3.39. The Bertz CT molecular complexity index is 438. The van der Waals surface area contributed by atoms with E-state index in [-0.39, 0.29) is 5.97 Å². The van der Waals surface area contributed by atoms with E-state index in [9.17, 15) is 4.79 Å². The predicted molar refractivity (Wildman–Crippen MR) is 79.0 cm³/mol. The number of hydrogen-bond donors (Lipinski definition) is 0. The summed E-state index contributed by atoms with van der Waals surface area (Å²) in [4.78, 5) is 11.6. The molecule has 0 spiro atoms. The van der Waals surface area contributed by atoms with Crippen LogP contribution in [0.25, 0.3) is 6.08 Å². The van der Waals surface area contributed by atoms with Crippen LogP contribution in [-0.4, -0.2) is 24.6 Å². The fourth-order valence-electron chi connectivity index (χ4n) is 1.30. The molecule has 1 rings (SSSR count). The molecule has 0 atom stereocenters. The molecular formula is C14H15ClO2S. The molecule has 0 bridgehead atoms. The molecule has 0 aromatic heterocycles. The van der Waals surface area contributed by atoms with Crippen molar-refractivity contribution in [2.75, 3.05) is 18.6 Å². The quantitative estimate of drug-likeness (QED) is 0.343. The lowest BCUT2D eigenvalue weighted by Crippen LogP contribution is -2.07. The summed E-state index contributed by atoms with van der Waals surface area (Å²) in [6.45, 7) is 3.65. The third kappa shape index (κ3) is 4.98. The van der Waals surface area contributed by atoms with Crippen LogP contribution in [0.3, 0.4) is 0 Å². The monoisotopic (exact) mass is 282 g/mol. The van der Waals surface area contributed by atoms with E-state index in [2.05, 4.69) is 6.58 Å². The molecule has 0 aliphatic heterocycles. The van der Waals surface area contributed by atoms with Gasteiger partial charge in [0.1, 0.15) is 0 Å². The second kappa shape index (κ2) is 8.01. The molecule has 0 saturated heterocycles. The highest BCUT2D eigenvalue weighted by molar-refractivity contribution is 7.99. The fourth-order valence-corrected chi connectivity index (χ4v) is 2.13. The van der Waals surface area contributed by atoms with Gasteiger partial charge in [-0.15, -0.1) is 6.58 Å². The summed E-state index contributed by atoms with van der Waals surface area (Å²) in [6, 6.07) is 7.31. The summed E-state index contributed by atoms with van der Waals surface area (Å²) in [6.07, 6.45) is 3.63. The van der Waals surface area contributed by atoms with Crippen LogP contribution in [0.4, 0.5) is 0 Å². The summed E-state index contributed by atoms with van der Waals surface area (Å²) in [5.74, 6) is 1.09. The van der Waals surface area contributed by atoms with E-state index in [1.54, 1.807) is 23.9 Å². The smallest absolute Gasteiger partial charge is 0.334 e. The van der Waals surface area contributed by atoms with Crippen LogP contribution in [0.15, 0.2) is 42.5 Å². The zero-order chi connectivity index (χ0) is 13.4. The number of carbonyl (C=O) groups is 1. The number of halogens is 1. The average molecular weight is 283 g/mol. The van der Waals surface area contributed by atoms with Gasteiger partial charge in [0.25, 0.3) is 0 Å². The Morgan fingerprint density at radius 1 is 1.44 bits per heavy atom. The normalized spacial score (nSPS) is 11.1. The van der Waals surface area contributed by atoms with Crippen molar-refractivity contribution in [2.24, 2.45) is 0 Å². The van der Waals surface area contributed by atoms with E-state index in [0.29, 0.717) is 16.3 Å². The minimum absolute atomic E-state index is 0.304. The second-order valence-electron chi connectivity index (χ2n) is 3.52. The van der Waals surface area contributed by atoms with Gasteiger partial charge in [-0.25, -0.2) is 4.79 Å². The minimum Gasteiger partial charge on any atom is -0.466 e. The lowest BCUT2D eigenvalue weighted by atomic mass is 10.1. The van der Waals surface area contributed by atoms with Crippen molar-refractivity contribution in [3.8, 4) is 0 Å². The first-order chi connectivity index (χ1) is 8.67. The van der Waals surface area contributed by atoms with Crippen molar-refractivity contribution in [1.82, 2.24) is 0 Å². The van der Waals surface area contributed by atoms with Gasteiger partial charge in [-0.05, 0) is 23.8 Å². The lowest BCUT2D eigenvalue weighted by Gasteiger charge is -2.05. The number of thioether (sulfide) groups is 1. The molecule has 2 nitrogen and oxygen atoms in total. The number of carbonyl (C=O) groups excluding carboxylic acids is 1. The maximum Gasteiger partial charge on any atom is 0.334 e. The highest BCUT2D eigenvalue weighted by Gasteiger charge is 2.09. The summed E-state index contributed by atoms with van der Waals surface area (Å²) in [5, 5.41) is 0.674. The van der Waals surface area contributed by atoms with Crippen molar-refractivity contribution in [3.05, 3.63) is 53.1 Å². The Balaban J connectivity index is 2.83. The van der Waals surface area contributed by atoms with Gasteiger partial charge in [0.05, 0.1) is 7.11 Å². The maximum absolute atomic E-state index is 11.6. The Labute approximate surface area is 117 Å². The molecule has 0 amide bonds. The van der Waals surface area contributed by atoms with Gasteiger partial charge in [0, 0.05) is 22.1 Å². The van der Waals surface area contributed by atoms with Crippen LogP contribution in [0.5, 0.6) is 0 Å². The zero-order valence-corrected chi connectivity index (χ0v) is 11.8. The first-order valence-electron chi connectivity index (χ1n) is 5.40. The molecule has 4 heteroatoms. The van der Waals surface area contributed by atoms with Gasteiger partial charge in [-0.2, -0.15) is 11.8 Å². The molecule has 1 aromatic carbocycles. The molecule has 0 aliphatic carbocycles. The molecule has 96 valence electrons. The molecule has 0 N–H and O–H groups in total. The van der Waals surface area contributed by atoms with Crippen molar-refractivity contribution in [2.45, 2.75) is 0 Å². The first kappa shape index (κ1) is 14.9. The third-order valence-electron chi connectivity index (χ3n) is 2.15. The predicted octanol–water partition coefficient (Wildman–Crippen LogP) is 3.82. The number of benzene rings is 1. The summed E-state index contributed by atoms with van der Waals surface area (Å²) >= 11 is 7.43. The van der Waals surface area contributed by atoms with Crippen LogP contribution in [0.2, 0.25) is 5.02 Å². The summed E-state index contributed by atoms with van der Waals surface area (Å²) in [5.41, 5.74) is 1.56. The number of esters is 1. The molecular weight excluding hydrogens is 268 g/mol. The highest BCUT2D eigenvalue weighted by Crippen LogP contribution is 2.16. The van der Waals surface area contributed by atoms with Crippen molar-refractivity contribution < 1.29 is 9.53 Å². The van der Waals surface area contributed by atoms with E-state index in [1.165, 1.54) is 7.11 Å². The molecule has 18 heavy (non-hydrogen) atoms. The highest BCUT2D eigenvalue weighted by atomic mass is 35.5.